The van der Waals surface area contributed by atoms with E-state index in [0.29, 0.717) is 43.2 Å². The van der Waals surface area contributed by atoms with E-state index < -0.39 is 10.8 Å². The zero-order valence-corrected chi connectivity index (χ0v) is 15.3. The Hall–Kier alpha value is -3.46. The Labute approximate surface area is 161 Å². The van der Waals surface area contributed by atoms with Crippen molar-refractivity contribution in [3.05, 3.63) is 63.7 Å². The van der Waals surface area contributed by atoms with Gasteiger partial charge in [-0.15, -0.1) is 0 Å². The highest BCUT2D eigenvalue weighted by molar-refractivity contribution is 6.05. The Morgan fingerprint density at radius 2 is 1.68 bits per heavy atom. The van der Waals surface area contributed by atoms with Crippen LogP contribution in [0.25, 0.3) is 0 Å². The molecular formula is C19H20N4O5. The summed E-state index contributed by atoms with van der Waals surface area (Å²) in [5.74, 6) is -0.698. The normalized spacial score (nSPS) is 13.7. The second-order valence-corrected chi connectivity index (χ2v) is 6.17. The summed E-state index contributed by atoms with van der Waals surface area (Å²) in [5, 5.41) is 16.7. The third-order valence-corrected chi connectivity index (χ3v) is 4.42. The van der Waals surface area contributed by atoms with Crippen molar-refractivity contribution in [3.63, 3.8) is 0 Å². The number of amides is 2. The zero-order chi connectivity index (χ0) is 20.1. The molecule has 1 saturated heterocycles. The van der Waals surface area contributed by atoms with E-state index in [-0.39, 0.29) is 17.2 Å². The lowest BCUT2D eigenvalue weighted by molar-refractivity contribution is -0.384. The van der Waals surface area contributed by atoms with Gasteiger partial charge in [-0.3, -0.25) is 19.7 Å². The molecule has 2 N–H and O–H groups in total. The smallest absolute Gasteiger partial charge is 0.293 e. The van der Waals surface area contributed by atoms with Crippen molar-refractivity contribution in [1.29, 1.82) is 0 Å². The van der Waals surface area contributed by atoms with Crippen LogP contribution in [0.4, 0.5) is 17.1 Å². The number of anilines is 2. The maximum Gasteiger partial charge on any atom is 0.293 e. The van der Waals surface area contributed by atoms with Crippen molar-refractivity contribution in [3.8, 4) is 0 Å². The average molecular weight is 384 g/mol. The Bertz CT molecular complexity index is 892. The van der Waals surface area contributed by atoms with Crippen LogP contribution in [-0.2, 0) is 4.74 Å². The molecule has 0 spiro atoms. The molecule has 9 heteroatoms. The van der Waals surface area contributed by atoms with Crippen LogP contribution in [0.1, 0.15) is 20.7 Å². The van der Waals surface area contributed by atoms with Gasteiger partial charge in [-0.05, 0) is 36.4 Å². The van der Waals surface area contributed by atoms with Gasteiger partial charge in [0.15, 0.2) is 0 Å². The minimum absolute atomic E-state index is 0.121. The predicted octanol–water partition coefficient (Wildman–Crippen LogP) is 2.04. The fourth-order valence-electron chi connectivity index (χ4n) is 2.94. The van der Waals surface area contributed by atoms with E-state index in [1.165, 1.54) is 13.1 Å². The standard InChI is InChI=1S/C19H20N4O5/c1-20-18(24)13-2-5-15(6-3-13)21-19(25)14-4-7-16(17(12-14)23(26)27)22-8-10-28-11-9-22/h2-7,12H,8-11H2,1H3,(H,20,24)(H,21,25). The molecule has 3 rings (SSSR count). The van der Waals surface area contributed by atoms with Crippen LogP contribution in [0, 0.1) is 10.1 Å². The molecule has 0 saturated carbocycles. The molecule has 1 aliphatic rings. The summed E-state index contributed by atoms with van der Waals surface area (Å²) in [4.78, 5) is 37.0. The fraction of sp³-hybridized carbons (Fsp3) is 0.263. The van der Waals surface area contributed by atoms with Gasteiger partial charge in [0.2, 0.25) is 0 Å². The minimum atomic E-state index is -0.486. The monoisotopic (exact) mass is 384 g/mol. The number of nitrogens with zero attached hydrogens (tertiary/aromatic N) is 2. The highest BCUT2D eigenvalue weighted by atomic mass is 16.6. The molecule has 0 radical (unpaired) electrons. The summed E-state index contributed by atoms with van der Waals surface area (Å²) >= 11 is 0. The second kappa shape index (κ2) is 8.49. The number of carbonyl (C=O) groups is 2. The molecule has 0 aromatic heterocycles. The number of ether oxygens (including phenoxy) is 1. The number of hydrogen-bond donors (Lipinski definition) is 2. The Balaban J connectivity index is 1.78. The highest BCUT2D eigenvalue weighted by Crippen LogP contribution is 2.30. The molecule has 2 amide bonds. The van der Waals surface area contributed by atoms with Crippen molar-refractivity contribution in [2.45, 2.75) is 0 Å². The first-order valence-corrected chi connectivity index (χ1v) is 8.74. The first-order chi connectivity index (χ1) is 13.5. The molecule has 0 unspecified atom stereocenters. The quantitative estimate of drug-likeness (QED) is 0.602. The SMILES string of the molecule is CNC(=O)c1ccc(NC(=O)c2ccc(N3CCOCC3)c([N+](=O)[O-])c2)cc1. The molecule has 1 fully saturated rings. The zero-order valence-electron chi connectivity index (χ0n) is 15.3. The van der Waals surface area contributed by atoms with Crippen LogP contribution in [0.3, 0.4) is 0 Å². The summed E-state index contributed by atoms with van der Waals surface area (Å²) in [7, 11) is 1.53. The fourth-order valence-corrected chi connectivity index (χ4v) is 2.94. The number of benzene rings is 2. The Kier molecular flexibility index (Phi) is 5.85. The van der Waals surface area contributed by atoms with Gasteiger partial charge in [-0.2, -0.15) is 0 Å². The summed E-state index contributed by atoms with van der Waals surface area (Å²) < 4.78 is 5.28. The lowest BCUT2D eigenvalue weighted by Crippen LogP contribution is -2.36. The van der Waals surface area contributed by atoms with Gasteiger partial charge in [-0.1, -0.05) is 0 Å². The molecular weight excluding hydrogens is 364 g/mol. The number of nitro groups is 1. The average Bonchev–Trinajstić information content (AvgIpc) is 2.73. The minimum Gasteiger partial charge on any atom is -0.378 e. The van der Waals surface area contributed by atoms with Gasteiger partial charge < -0.3 is 20.3 Å². The van der Waals surface area contributed by atoms with Crippen molar-refractivity contribution >= 4 is 28.9 Å². The van der Waals surface area contributed by atoms with Crippen LogP contribution in [0.15, 0.2) is 42.5 Å². The first kappa shape index (κ1) is 19.3. The van der Waals surface area contributed by atoms with Crippen LogP contribution in [0.5, 0.6) is 0 Å². The summed E-state index contributed by atoms with van der Waals surface area (Å²) in [6.45, 7) is 2.13. The maximum absolute atomic E-state index is 12.5. The topological polar surface area (TPSA) is 114 Å². The molecule has 2 aromatic carbocycles. The van der Waals surface area contributed by atoms with Gasteiger partial charge in [-0.25, -0.2) is 0 Å². The summed E-state index contributed by atoms with van der Waals surface area (Å²) in [6, 6.07) is 10.8. The van der Waals surface area contributed by atoms with Crippen LogP contribution >= 0.6 is 0 Å². The van der Waals surface area contributed by atoms with Crippen molar-refractivity contribution < 1.29 is 19.2 Å². The number of rotatable bonds is 5. The van der Waals surface area contributed by atoms with E-state index in [1.54, 1.807) is 36.4 Å². The number of carbonyl (C=O) groups excluding carboxylic acids is 2. The molecule has 0 bridgehead atoms. The first-order valence-electron chi connectivity index (χ1n) is 8.74. The summed E-state index contributed by atoms with van der Waals surface area (Å²) in [5.41, 5.74) is 1.48. The van der Waals surface area contributed by atoms with Gasteiger partial charge in [0.25, 0.3) is 17.5 Å². The number of nitrogens with one attached hydrogen (secondary N) is 2. The molecule has 0 atom stereocenters. The van der Waals surface area contributed by atoms with Gasteiger partial charge in [0.05, 0.1) is 18.1 Å². The van der Waals surface area contributed by atoms with E-state index in [2.05, 4.69) is 10.6 Å². The van der Waals surface area contributed by atoms with Gasteiger partial charge in [0.1, 0.15) is 5.69 Å². The van der Waals surface area contributed by atoms with E-state index in [4.69, 9.17) is 4.74 Å². The number of morpholine rings is 1. The molecule has 0 aliphatic carbocycles. The summed E-state index contributed by atoms with van der Waals surface area (Å²) in [6.07, 6.45) is 0. The molecule has 146 valence electrons. The van der Waals surface area contributed by atoms with E-state index in [0.717, 1.165) is 0 Å². The van der Waals surface area contributed by atoms with Crippen molar-refractivity contribution in [2.24, 2.45) is 0 Å². The van der Waals surface area contributed by atoms with Crippen molar-refractivity contribution in [1.82, 2.24) is 5.32 Å². The van der Waals surface area contributed by atoms with Gasteiger partial charge in [0, 0.05) is 43.0 Å². The highest BCUT2D eigenvalue weighted by Gasteiger charge is 2.23. The maximum atomic E-state index is 12.5. The lowest BCUT2D eigenvalue weighted by Gasteiger charge is -2.28. The molecule has 2 aromatic rings. The lowest BCUT2D eigenvalue weighted by atomic mass is 10.1. The molecule has 9 nitrogen and oxygen atoms in total. The van der Waals surface area contributed by atoms with Crippen LogP contribution < -0.4 is 15.5 Å². The van der Waals surface area contributed by atoms with E-state index in [9.17, 15) is 19.7 Å². The number of hydrogen-bond acceptors (Lipinski definition) is 6. The van der Waals surface area contributed by atoms with Crippen LogP contribution in [-0.4, -0.2) is 50.1 Å². The predicted molar refractivity (Wildman–Crippen MR) is 104 cm³/mol. The largest absolute Gasteiger partial charge is 0.378 e. The third kappa shape index (κ3) is 4.26. The van der Waals surface area contributed by atoms with Crippen molar-refractivity contribution in [2.75, 3.05) is 43.6 Å². The number of nitro benzene ring substituents is 1. The van der Waals surface area contributed by atoms with Gasteiger partial charge >= 0.3 is 0 Å². The van der Waals surface area contributed by atoms with Crippen LogP contribution in [0.2, 0.25) is 0 Å². The second-order valence-electron chi connectivity index (χ2n) is 6.17. The molecule has 1 aliphatic heterocycles. The molecule has 28 heavy (non-hydrogen) atoms. The third-order valence-electron chi connectivity index (χ3n) is 4.42. The molecule has 1 heterocycles. The Morgan fingerprint density at radius 3 is 2.29 bits per heavy atom. The van der Waals surface area contributed by atoms with E-state index >= 15 is 0 Å². The van der Waals surface area contributed by atoms with E-state index in [1.807, 2.05) is 4.90 Å². The Morgan fingerprint density at radius 1 is 1.04 bits per heavy atom.